The summed E-state index contributed by atoms with van der Waals surface area (Å²) in [5.41, 5.74) is 16.8. The van der Waals surface area contributed by atoms with Crippen LogP contribution in [-0.4, -0.2) is 9.13 Å². The van der Waals surface area contributed by atoms with Gasteiger partial charge < -0.3 is 9.13 Å². The van der Waals surface area contributed by atoms with Gasteiger partial charge in [-0.2, -0.15) is 0 Å². The molecule has 2 nitrogen and oxygen atoms in total. The van der Waals surface area contributed by atoms with Crippen molar-refractivity contribution in [2.75, 3.05) is 0 Å². The molecule has 2 heteroatoms. The SMILES string of the molecule is c1ccc(-c2cccc(-c3cccc(-n4c5ccccc5c5cc(-c6cccc7c6c6ccccc6n7-c6cccc(-c7ccccc7)c6)ccc54)c3)c2)cc1. The molecule has 0 aliphatic carbocycles. The molecule has 11 rings (SSSR count). The van der Waals surface area contributed by atoms with Crippen LogP contribution in [0.2, 0.25) is 0 Å². The summed E-state index contributed by atoms with van der Waals surface area (Å²) in [5.74, 6) is 0. The van der Waals surface area contributed by atoms with Crippen LogP contribution < -0.4 is 0 Å². The number of fused-ring (bicyclic) bond motifs is 6. The van der Waals surface area contributed by atoms with E-state index in [1.807, 2.05) is 0 Å². The van der Waals surface area contributed by atoms with Crippen LogP contribution in [0.25, 0.3) is 99.5 Å². The van der Waals surface area contributed by atoms with Gasteiger partial charge in [0.05, 0.1) is 22.1 Å². The summed E-state index contributed by atoms with van der Waals surface area (Å²) in [6.07, 6.45) is 0. The van der Waals surface area contributed by atoms with Gasteiger partial charge >= 0.3 is 0 Å². The standard InChI is InChI=1S/C54H36N2/c1-3-15-37(16-4-1)39-19-11-20-40(33-39)42-22-13-23-44(35-42)55-50-28-9-7-25-47(50)49-36-43(31-32-52(49)55)46-27-14-30-53-54(46)48-26-8-10-29-51(48)56(53)45-24-12-21-41(34-45)38-17-5-2-6-18-38/h1-36H. The highest BCUT2D eigenvalue weighted by Crippen LogP contribution is 2.42. The van der Waals surface area contributed by atoms with E-state index >= 15 is 0 Å². The van der Waals surface area contributed by atoms with E-state index in [1.165, 1.54) is 88.1 Å². The van der Waals surface area contributed by atoms with Crippen molar-refractivity contribution >= 4 is 43.6 Å². The zero-order valence-electron chi connectivity index (χ0n) is 30.7. The van der Waals surface area contributed by atoms with Gasteiger partial charge in [-0.3, -0.25) is 0 Å². The van der Waals surface area contributed by atoms with Gasteiger partial charge in [0.2, 0.25) is 0 Å². The number of benzene rings is 9. The van der Waals surface area contributed by atoms with E-state index in [1.54, 1.807) is 0 Å². The Balaban J connectivity index is 1.06. The molecule has 0 atom stereocenters. The Bertz CT molecular complexity index is 3240. The normalized spacial score (nSPS) is 11.6. The summed E-state index contributed by atoms with van der Waals surface area (Å²) >= 11 is 0. The predicted molar refractivity (Wildman–Crippen MR) is 237 cm³/mol. The molecule has 0 aliphatic heterocycles. The molecule has 0 radical (unpaired) electrons. The predicted octanol–water partition coefficient (Wildman–Crippen LogP) is 14.5. The molecule has 11 aromatic rings. The van der Waals surface area contributed by atoms with Crippen LogP contribution >= 0.6 is 0 Å². The van der Waals surface area contributed by atoms with Crippen LogP contribution in [0.1, 0.15) is 0 Å². The largest absolute Gasteiger partial charge is 0.309 e. The first-order chi connectivity index (χ1) is 27.8. The Morgan fingerprint density at radius 2 is 0.679 bits per heavy atom. The molecule has 0 saturated carbocycles. The Morgan fingerprint density at radius 1 is 0.232 bits per heavy atom. The highest BCUT2D eigenvalue weighted by atomic mass is 15.0. The van der Waals surface area contributed by atoms with E-state index in [0.717, 1.165) is 11.4 Å². The molecule has 0 saturated heterocycles. The van der Waals surface area contributed by atoms with Crippen molar-refractivity contribution in [1.29, 1.82) is 0 Å². The van der Waals surface area contributed by atoms with Crippen molar-refractivity contribution in [3.05, 3.63) is 218 Å². The number of rotatable bonds is 6. The zero-order valence-corrected chi connectivity index (χ0v) is 30.7. The number of aromatic nitrogens is 2. The van der Waals surface area contributed by atoms with Crippen LogP contribution in [-0.2, 0) is 0 Å². The summed E-state index contributed by atoms with van der Waals surface area (Å²) < 4.78 is 4.85. The average molecular weight is 713 g/mol. The third-order valence-corrected chi connectivity index (χ3v) is 11.3. The number of nitrogens with zero attached hydrogens (tertiary/aromatic N) is 2. The van der Waals surface area contributed by atoms with Crippen molar-refractivity contribution in [2.45, 2.75) is 0 Å². The third kappa shape index (κ3) is 5.26. The van der Waals surface area contributed by atoms with E-state index in [9.17, 15) is 0 Å². The minimum atomic E-state index is 1.15. The minimum Gasteiger partial charge on any atom is -0.309 e. The lowest BCUT2D eigenvalue weighted by atomic mass is 9.98. The molecular formula is C54H36N2. The molecule has 0 aliphatic rings. The Morgan fingerprint density at radius 3 is 1.36 bits per heavy atom. The van der Waals surface area contributed by atoms with Crippen molar-refractivity contribution in [3.8, 4) is 55.9 Å². The Kier molecular flexibility index (Phi) is 7.53. The van der Waals surface area contributed by atoms with Crippen LogP contribution in [0.3, 0.4) is 0 Å². The van der Waals surface area contributed by atoms with Gasteiger partial charge in [-0.15, -0.1) is 0 Å². The summed E-state index contributed by atoms with van der Waals surface area (Å²) in [5, 5.41) is 5.00. The van der Waals surface area contributed by atoms with Crippen molar-refractivity contribution in [2.24, 2.45) is 0 Å². The summed E-state index contributed by atoms with van der Waals surface area (Å²) in [7, 11) is 0. The first-order valence-electron chi connectivity index (χ1n) is 19.3. The molecule has 0 amide bonds. The fraction of sp³-hybridized carbons (Fsp3) is 0. The van der Waals surface area contributed by atoms with Gasteiger partial charge in [0.15, 0.2) is 0 Å². The molecule has 0 unspecified atom stereocenters. The molecule has 56 heavy (non-hydrogen) atoms. The van der Waals surface area contributed by atoms with Crippen molar-refractivity contribution < 1.29 is 0 Å². The monoisotopic (exact) mass is 712 g/mol. The lowest BCUT2D eigenvalue weighted by molar-refractivity contribution is 1.18. The number of para-hydroxylation sites is 2. The fourth-order valence-corrected chi connectivity index (χ4v) is 8.75. The molecule has 2 heterocycles. The smallest absolute Gasteiger partial charge is 0.0547 e. The van der Waals surface area contributed by atoms with Crippen LogP contribution in [0, 0.1) is 0 Å². The highest BCUT2D eigenvalue weighted by molar-refractivity contribution is 6.17. The second kappa shape index (κ2) is 13.2. The maximum absolute atomic E-state index is 2.42. The van der Waals surface area contributed by atoms with Gasteiger partial charge in [0.1, 0.15) is 0 Å². The molecule has 0 N–H and O–H groups in total. The van der Waals surface area contributed by atoms with Gasteiger partial charge in [-0.1, -0.05) is 158 Å². The molecular weight excluding hydrogens is 677 g/mol. The third-order valence-electron chi connectivity index (χ3n) is 11.3. The maximum Gasteiger partial charge on any atom is 0.0547 e. The summed E-state index contributed by atoms with van der Waals surface area (Å²) in [6, 6.07) is 79.4. The van der Waals surface area contributed by atoms with Gasteiger partial charge in [0.25, 0.3) is 0 Å². The van der Waals surface area contributed by atoms with Crippen LogP contribution in [0.5, 0.6) is 0 Å². The topological polar surface area (TPSA) is 9.86 Å². The first-order valence-corrected chi connectivity index (χ1v) is 19.3. The van der Waals surface area contributed by atoms with Crippen LogP contribution in [0.4, 0.5) is 0 Å². The van der Waals surface area contributed by atoms with E-state index in [0.29, 0.717) is 0 Å². The Hall–Kier alpha value is -7.42. The number of hydrogen-bond donors (Lipinski definition) is 0. The lowest BCUT2D eigenvalue weighted by Gasteiger charge is -2.12. The van der Waals surface area contributed by atoms with Crippen molar-refractivity contribution in [3.63, 3.8) is 0 Å². The average Bonchev–Trinajstić information content (AvgIpc) is 3.80. The van der Waals surface area contributed by atoms with Gasteiger partial charge in [-0.05, 0) is 105 Å². The van der Waals surface area contributed by atoms with E-state index in [2.05, 4.69) is 228 Å². The Labute approximate surface area is 325 Å². The maximum atomic E-state index is 2.42. The lowest BCUT2D eigenvalue weighted by Crippen LogP contribution is -1.94. The quantitative estimate of drug-likeness (QED) is 0.162. The highest BCUT2D eigenvalue weighted by Gasteiger charge is 2.19. The zero-order chi connectivity index (χ0) is 37.0. The van der Waals surface area contributed by atoms with E-state index in [-0.39, 0.29) is 0 Å². The molecule has 0 bridgehead atoms. The molecule has 262 valence electrons. The second-order valence-electron chi connectivity index (χ2n) is 14.6. The molecule has 0 fully saturated rings. The summed E-state index contributed by atoms with van der Waals surface area (Å²) in [4.78, 5) is 0. The molecule has 9 aromatic carbocycles. The van der Waals surface area contributed by atoms with Gasteiger partial charge in [0, 0.05) is 32.9 Å². The molecule has 0 spiro atoms. The minimum absolute atomic E-state index is 1.15. The van der Waals surface area contributed by atoms with E-state index < -0.39 is 0 Å². The first kappa shape index (κ1) is 32.0. The summed E-state index contributed by atoms with van der Waals surface area (Å²) in [6.45, 7) is 0. The van der Waals surface area contributed by atoms with Crippen molar-refractivity contribution in [1.82, 2.24) is 9.13 Å². The fourth-order valence-electron chi connectivity index (χ4n) is 8.75. The van der Waals surface area contributed by atoms with Crippen LogP contribution in [0.15, 0.2) is 218 Å². The van der Waals surface area contributed by atoms with E-state index in [4.69, 9.17) is 0 Å². The second-order valence-corrected chi connectivity index (χ2v) is 14.6. The number of hydrogen-bond acceptors (Lipinski definition) is 0. The van der Waals surface area contributed by atoms with Gasteiger partial charge in [-0.25, -0.2) is 0 Å². The molecule has 2 aromatic heterocycles.